The molecule has 1 heterocycles. The second kappa shape index (κ2) is 4.20. The van der Waals surface area contributed by atoms with Crippen molar-refractivity contribution in [3.05, 3.63) is 23.0 Å². The Bertz CT molecular complexity index is 393. The van der Waals surface area contributed by atoms with E-state index in [2.05, 4.69) is 9.72 Å². The van der Waals surface area contributed by atoms with Gasteiger partial charge in [0.1, 0.15) is 5.75 Å². The molecule has 0 fully saturated rings. The van der Waals surface area contributed by atoms with Crippen LogP contribution < -0.4 is 0 Å². The number of aromatic nitrogens is 1. The van der Waals surface area contributed by atoms with Crippen molar-refractivity contribution in [2.75, 3.05) is 7.11 Å². The normalized spacial score (nSPS) is 10.5. The van der Waals surface area contributed by atoms with Crippen LogP contribution in [0.25, 0.3) is 0 Å². The molecule has 0 atom stereocenters. The van der Waals surface area contributed by atoms with Gasteiger partial charge in [0.25, 0.3) is 6.43 Å². The van der Waals surface area contributed by atoms with Crippen LogP contribution in [0.5, 0.6) is 5.75 Å². The Balaban J connectivity index is 3.35. The predicted octanol–water partition coefficient (Wildman–Crippen LogP) is 1.82. The highest BCUT2D eigenvalue weighted by atomic mass is 19.3. The molecule has 0 aliphatic carbocycles. The number of methoxy groups -OCH3 is 1. The van der Waals surface area contributed by atoms with Crippen LogP contribution in [0.15, 0.2) is 6.20 Å². The molecule has 0 aliphatic heterocycles. The van der Waals surface area contributed by atoms with Crippen LogP contribution >= 0.6 is 0 Å². The highest BCUT2D eigenvalue weighted by Gasteiger charge is 2.22. The molecule has 0 amide bonds. The first-order chi connectivity index (χ1) is 6.99. The van der Waals surface area contributed by atoms with Gasteiger partial charge in [-0.15, -0.1) is 0 Å². The molecular formula is C9H9F2NO3. The third kappa shape index (κ3) is 2.03. The van der Waals surface area contributed by atoms with Gasteiger partial charge in [-0.25, -0.2) is 18.6 Å². The number of halogens is 2. The van der Waals surface area contributed by atoms with Gasteiger partial charge in [-0.05, 0) is 12.5 Å². The summed E-state index contributed by atoms with van der Waals surface area (Å²) in [4.78, 5) is 14.6. The van der Waals surface area contributed by atoms with Gasteiger partial charge >= 0.3 is 5.97 Å². The molecule has 0 saturated carbocycles. The first kappa shape index (κ1) is 11.4. The first-order valence-electron chi connectivity index (χ1n) is 4.04. The quantitative estimate of drug-likeness (QED) is 0.767. The number of nitrogens with zero attached hydrogens (tertiary/aromatic N) is 1. The number of rotatable bonds is 2. The van der Waals surface area contributed by atoms with Crippen molar-refractivity contribution in [1.29, 1.82) is 0 Å². The third-order valence-electron chi connectivity index (χ3n) is 1.95. The van der Waals surface area contributed by atoms with Gasteiger partial charge in [-0.2, -0.15) is 0 Å². The van der Waals surface area contributed by atoms with E-state index in [1.807, 2.05) is 0 Å². The maximum Gasteiger partial charge on any atom is 0.356 e. The summed E-state index contributed by atoms with van der Waals surface area (Å²) in [5.74, 6) is -1.44. The van der Waals surface area contributed by atoms with E-state index in [0.29, 0.717) is 0 Å². The summed E-state index contributed by atoms with van der Waals surface area (Å²) in [6, 6.07) is 0. The van der Waals surface area contributed by atoms with Gasteiger partial charge < -0.3 is 9.84 Å². The highest BCUT2D eigenvalue weighted by Crippen LogP contribution is 2.31. The topological polar surface area (TPSA) is 59.4 Å². The summed E-state index contributed by atoms with van der Waals surface area (Å²) in [5.41, 5.74) is -0.882. The van der Waals surface area contributed by atoms with Crippen LogP contribution in [0.4, 0.5) is 8.78 Å². The summed E-state index contributed by atoms with van der Waals surface area (Å²) in [7, 11) is 1.12. The number of esters is 1. The zero-order valence-corrected chi connectivity index (χ0v) is 8.12. The molecule has 0 saturated heterocycles. The average Bonchev–Trinajstić information content (AvgIpc) is 2.16. The van der Waals surface area contributed by atoms with Crippen LogP contribution in [0.2, 0.25) is 0 Å². The summed E-state index contributed by atoms with van der Waals surface area (Å²) < 4.78 is 29.4. The lowest BCUT2D eigenvalue weighted by atomic mass is 10.1. The molecule has 0 aliphatic rings. The first-order valence-corrected chi connectivity index (χ1v) is 4.04. The molecule has 6 heteroatoms. The average molecular weight is 217 g/mol. The summed E-state index contributed by atoms with van der Waals surface area (Å²) in [6.45, 7) is 1.28. The maximum atomic E-state index is 12.5. The Kier molecular flexibility index (Phi) is 3.18. The van der Waals surface area contributed by atoms with Gasteiger partial charge in [0.15, 0.2) is 5.69 Å². The number of carbonyl (C=O) groups excluding carboxylic acids is 1. The molecule has 0 radical (unpaired) electrons. The highest BCUT2D eigenvalue weighted by molar-refractivity contribution is 5.89. The molecule has 1 aromatic heterocycles. The molecule has 1 N–H and O–H groups in total. The number of pyridine rings is 1. The lowest BCUT2D eigenvalue weighted by molar-refractivity contribution is 0.0592. The molecular weight excluding hydrogens is 208 g/mol. The van der Waals surface area contributed by atoms with Crippen molar-refractivity contribution in [2.24, 2.45) is 0 Å². The monoisotopic (exact) mass is 217 g/mol. The maximum absolute atomic E-state index is 12.5. The smallest absolute Gasteiger partial charge is 0.356 e. The van der Waals surface area contributed by atoms with Crippen LogP contribution in [0.1, 0.15) is 28.0 Å². The lowest BCUT2D eigenvalue weighted by Crippen LogP contribution is -2.09. The van der Waals surface area contributed by atoms with Gasteiger partial charge in [0.2, 0.25) is 0 Å². The molecule has 0 unspecified atom stereocenters. The summed E-state index contributed by atoms with van der Waals surface area (Å²) in [6.07, 6.45) is -2.06. The Labute approximate surface area is 84.5 Å². The lowest BCUT2D eigenvalue weighted by Gasteiger charge is -2.09. The van der Waals surface area contributed by atoms with E-state index in [1.54, 1.807) is 0 Å². The van der Waals surface area contributed by atoms with E-state index in [4.69, 9.17) is 5.11 Å². The van der Waals surface area contributed by atoms with Crippen LogP contribution in [-0.4, -0.2) is 23.2 Å². The molecule has 0 aromatic carbocycles. The molecule has 4 nitrogen and oxygen atoms in total. The van der Waals surface area contributed by atoms with Crippen LogP contribution in [0.3, 0.4) is 0 Å². The second-order valence-corrected chi connectivity index (χ2v) is 2.82. The Morgan fingerprint density at radius 3 is 2.67 bits per heavy atom. The fourth-order valence-corrected chi connectivity index (χ4v) is 1.19. The van der Waals surface area contributed by atoms with Gasteiger partial charge in [0, 0.05) is 0 Å². The third-order valence-corrected chi connectivity index (χ3v) is 1.95. The van der Waals surface area contributed by atoms with Crippen molar-refractivity contribution in [3.8, 4) is 5.75 Å². The molecule has 82 valence electrons. The number of carbonyl (C=O) groups is 1. The molecule has 0 spiro atoms. The minimum atomic E-state index is -2.86. The van der Waals surface area contributed by atoms with Gasteiger partial charge in [0.05, 0.1) is 18.9 Å². The Morgan fingerprint density at radius 1 is 1.60 bits per heavy atom. The van der Waals surface area contributed by atoms with Crippen molar-refractivity contribution >= 4 is 5.97 Å². The van der Waals surface area contributed by atoms with E-state index in [0.717, 1.165) is 13.3 Å². The van der Waals surface area contributed by atoms with E-state index >= 15 is 0 Å². The van der Waals surface area contributed by atoms with E-state index in [-0.39, 0.29) is 11.3 Å². The zero-order valence-electron chi connectivity index (χ0n) is 8.12. The Morgan fingerprint density at radius 2 is 2.20 bits per heavy atom. The fraction of sp³-hybridized carbons (Fsp3) is 0.333. The van der Waals surface area contributed by atoms with Crippen LogP contribution in [0, 0.1) is 6.92 Å². The zero-order chi connectivity index (χ0) is 11.6. The van der Waals surface area contributed by atoms with E-state index in [1.165, 1.54) is 6.92 Å². The van der Waals surface area contributed by atoms with E-state index in [9.17, 15) is 13.6 Å². The number of hydrogen-bond acceptors (Lipinski definition) is 4. The van der Waals surface area contributed by atoms with Crippen molar-refractivity contribution in [3.63, 3.8) is 0 Å². The summed E-state index contributed by atoms with van der Waals surface area (Å²) >= 11 is 0. The number of hydrogen-bond donors (Lipinski definition) is 1. The molecule has 15 heavy (non-hydrogen) atoms. The number of aromatic hydroxyl groups is 1. The predicted molar refractivity (Wildman–Crippen MR) is 46.9 cm³/mol. The fourth-order valence-electron chi connectivity index (χ4n) is 1.19. The summed E-state index contributed by atoms with van der Waals surface area (Å²) in [5, 5.41) is 9.15. The SMILES string of the molecule is COC(=O)c1ncc(O)c(C(F)F)c1C. The molecule has 0 bridgehead atoms. The van der Waals surface area contributed by atoms with Gasteiger partial charge in [-0.1, -0.05) is 0 Å². The van der Waals surface area contributed by atoms with E-state index < -0.39 is 23.7 Å². The number of alkyl halides is 2. The van der Waals surface area contributed by atoms with Crippen molar-refractivity contribution < 1.29 is 23.4 Å². The largest absolute Gasteiger partial charge is 0.506 e. The second-order valence-electron chi connectivity index (χ2n) is 2.82. The van der Waals surface area contributed by atoms with Crippen molar-refractivity contribution in [2.45, 2.75) is 13.3 Å². The van der Waals surface area contributed by atoms with Crippen LogP contribution in [-0.2, 0) is 4.74 Å². The Hall–Kier alpha value is -1.72. The minimum Gasteiger partial charge on any atom is -0.506 e. The molecule has 1 aromatic rings. The van der Waals surface area contributed by atoms with Gasteiger partial charge in [-0.3, -0.25) is 0 Å². The minimum absolute atomic E-state index is 0.0724. The van der Waals surface area contributed by atoms with Crippen molar-refractivity contribution in [1.82, 2.24) is 4.98 Å². The standard InChI is InChI=1S/C9H9F2NO3/c1-4-6(8(10)11)5(13)3-12-7(4)9(14)15-2/h3,8,13H,1-2H3. The molecule has 1 rings (SSSR count). The number of ether oxygens (including phenoxy) is 1.